The molecule has 2 aromatic rings. The normalized spacial score (nSPS) is 20.1. The third-order valence-corrected chi connectivity index (χ3v) is 9.27. The average Bonchev–Trinajstić information content (AvgIpc) is 3.35. The number of hydrogen-bond donors (Lipinski definition) is 1. The standard InChI is InChI=1S/C30H40F3N3O7S/c1-18-12-23(25(37)34-15-19-16-44(39,40)11-8-29(19)41-9-10-42-29)35-24-21(18)13-20(14-22(24)27(2,3)4)36(17-30(31,32)33)26(38)43-28(5,6)7/h12-14,19H,8-11,15-17H2,1-7H3,(H,34,37). The second-order valence-electron chi connectivity index (χ2n) is 13.4. The third-order valence-electron chi connectivity index (χ3n) is 7.53. The smallest absolute Gasteiger partial charge is 0.415 e. The number of halogens is 3. The summed E-state index contributed by atoms with van der Waals surface area (Å²) in [6.45, 7) is 11.0. The Morgan fingerprint density at radius 2 is 1.73 bits per heavy atom. The summed E-state index contributed by atoms with van der Waals surface area (Å²) >= 11 is 0. The van der Waals surface area contributed by atoms with Crippen molar-refractivity contribution in [1.29, 1.82) is 0 Å². The Morgan fingerprint density at radius 1 is 1.09 bits per heavy atom. The molecular formula is C30H40F3N3O7S. The fraction of sp³-hybridized carbons (Fsp3) is 0.633. The zero-order valence-electron chi connectivity index (χ0n) is 26.1. The highest BCUT2D eigenvalue weighted by Gasteiger charge is 2.50. The average molecular weight is 644 g/mol. The number of nitrogens with one attached hydrogen (secondary N) is 1. The molecule has 0 aliphatic carbocycles. The lowest BCUT2D eigenvalue weighted by atomic mass is 9.84. The van der Waals surface area contributed by atoms with Crippen LogP contribution in [0, 0.1) is 12.8 Å². The van der Waals surface area contributed by atoms with E-state index in [-0.39, 0.29) is 35.9 Å². The van der Waals surface area contributed by atoms with Crippen LogP contribution in [-0.4, -0.2) is 80.8 Å². The lowest BCUT2D eigenvalue weighted by Crippen LogP contribution is -2.53. The van der Waals surface area contributed by atoms with Crippen molar-refractivity contribution in [3.63, 3.8) is 0 Å². The molecular weight excluding hydrogens is 603 g/mol. The van der Waals surface area contributed by atoms with E-state index >= 15 is 0 Å². The van der Waals surface area contributed by atoms with Gasteiger partial charge >= 0.3 is 12.3 Å². The van der Waals surface area contributed by atoms with Gasteiger partial charge in [0, 0.05) is 30.0 Å². The second-order valence-corrected chi connectivity index (χ2v) is 15.7. The molecule has 1 aromatic carbocycles. The van der Waals surface area contributed by atoms with Crippen molar-refractivity contribution in [1.82, 2.24) is 10.3 Å². The zero-order chi connectivity index (χ0) is 32.9. The van der Waals surface area contributed by atoms with Crippen molar-refractivity contribution in [3.05, 3.63) is 35.0 Å². The number of carbonyl (C=O) groups is 2. The molecule has 1 atom stereocenters. The van der Waals surface area contributed by atoms with Crippen molar-refractivity contribution < 1.29 is 45.4 Å². The largest absolute Gasteiger partial charge is 0.443 e. The minimum Gasteiger partial charge on any atom is -0.443 e. The molecule has 4 rings (SSSR count). The summed E-state index contributed by atoms with van der Waals surface area (Å²) in [5.41, 5.74) is -0.194. The predicted molar refractivity (Wildman–Crippen MR) is 159 cm³/mol. The second kappa shape index (κ2) is 11.8. The number of carbonyl (C=O) groups excluding carboxylic acids is 2. The summed E-state index contributed by atoms with van der Waals surface area (Å²) in [6.07, 6.45) is -5.67. The van der Waals surface area contributed by atoms with Gasteiger partial charge in [-0.3, -0.25) is 9.69 Å². The topological polar surface area (TPSA) is 124 Å². The van der Waals surface area contributed by atoms with Crippen molar-refractivity contribution in [3.8, 4) is 0 Å². The SMILES string of the molecule is Cc1cc(C(=O)NCC2CS(=O)(=O)CCC23OCCO3)nc2c(C(C)(C)C)cc(N(CC(F)(F)F)C(=O)OC(C)(C)C)cc12. The summed E-state index contributed by atoms with van der Waals surface area (Å²) in [5, 5.41) is 3.24. The molecule has 0 bridgehead atoms. The van der Waals surface area contributed by atoms with Crippen LogP contribution in [0.4, 0.5) is 23.7 Å². The van der Waals surface area contributed by atoms with Crippen molar-refractivity contribution in [2.45, 2.75) is 77.9 Å². The number of fused-ring (bicyclic) bond motifs is 1. The van der Waals surface area contributed by atoms with E-state index in [0.717, 1.165) is 0 Å². The van der Waals surface area contributed by atoms with Crippen LogP contribution in [0.1, 0.15) is 69.6 Å². The lowest BCUT2D eigenvalue weighted by Gasteiger charge is -2.38. The molecule has 1 unspecified atom stereocenters. The van der Waals surface area contributed by atoms with Crippen molar-refractivity contribution in [2.24, 2.45) is 5.92 Å². The van der Waals surface area contributed by atoms with E-state index in [1.54, 1.807) is 27.7 Å². The molecule has 1 N–H and O–H groups in total. The molecule has 44 heavy (non-hydrogen) atoms. The molecule has 2 saturated heterocycles. The number of pyridine rings is 1. The Balaban J connectivity index is 1.71. The monoisotopic (exact) mass is 643 g/mol. The van der Waals surface area contributed by atoms with Crippen molar-refractivity contribution >= 4 is 38.4 Å². The van der Waals surface area contributed by atoms with E-state index in [1.807, 2.05) is 20.8 Å². The Morgan fingerprint density at radius 3 is 2.30 bits per heavy atom. The summed E-state index contributed by atoms with van der Waals surface area (Å²) in [7, 11) is -3.34. The molecule has 0 saturated carbocycles. The number of benzene rings is 1. The Labute approximate surface area is 255 Å². The van der Waals surface area contributed by atoms with E-state index in [4.69, 9.17) is 14.2 Å². The summed E-state index contributed by atoms with van der Waals surface area (Å²) in [4.78, 5) is 31.5. The molecule has 0 radical (unpaired) electrons. The molecule has 2 aliphatic rings. The van der Waals surface area contributed by atoms with Gasteiger partial charge in [-0.1, -0.05) is 20.8 Å². The molecule has 1 spiro atoms. The van der Waals surface area contributed by atoms with E-state index < -0.39 is 57.3 Å². The number of hydrogen-bond acceptors (Lipinski definition) is 8. The minimum absolute atomic E-state index is 0.0172. The van der Waals surface area contributed by atoms with E-state index in [0.29, 0.717) is 40.1 Å². The maximum absolute atomic E-state index is 13.6. The quantitative estimate of drug-likeness (QED) is 0.480. The number of sulfone groups is 1. The van der Waals surface area contributed by atoms with E-state index in [1.165, 1.54) is 18.2 Å². The molecule has 1 aromatic heterocycles. The van der Waals surface area contributed by atoms with Gasteiger partial charge in [-0.2, -0.15) is 13.2 Å². The fourth-order valence-corrected chi connectivity index (χ4v) is 7.21. The van der Waals surface area contributed by atoms with Crippen LogP contribution in [0.5, 0.6) is 0 Å². The highest BCUT2D eigenvalue weighted by atomic mass is 32.2. The van der Waals surface area contributed by atoms with Crippen molar-refractivity contribution in [2.75, 3.05) is 42.7 Å². The highest BCUT2D eigenvalue weighted by molar-refractivity contribution is 7.91. The van der Waals surface area contributed by atoms with Crippen LogP contribution < -0.4 is 10.2 Å². The predicted octanol–water partition coefficient (Wildman–Crippen LogP) is 5.05. The van der Waals surface area contributed by atoms with Crippen LogP contribution in [0.2, 0.25) is 0 Å². The first-order chi connectivity index (χ1) is 20.1. The van der Waals surface area contributed by atoms with Gasteiger partial charge in [0.05, 0.1) is 30.2 Å². The molecule has 3 heterocycles. The molecule has 2 fully saturated rings. The Hall–Kier alpha value is -2.97. The number of rotatable bonds is 5. The number of alkyl halides is 3. The Kier molecular flexibility index (Phi) is 9.06. The maximum Gasteiger partial charge on any atom is 0.415 e. The van der Waals surface area contributed by atoms with Gasteiger partial charge in [0.15, 0.2) is 15.6 Å². The van der Waals surface area contributed by atoms with Gasteiger partial charge in [-0.05, 0) is 62.4 Å². The number of nitrogens with zero attached hydrogens (tertiary/aromatic N) is 2. The third kappa shape index (κ3) is 7.81. The van der Waals surface area contributed by atoms with Gasteiger partial charge in [0.2, 0.25) is 0 Å². The first-order valence-corrected chi connectivity index (χ1v) is 16.2. The number of anilines is 1. The van der Waals surface area contributed by atoms with E-state index in [2.05, 4.69) is 10.3 Å². The van der Waals surface area contributed by atoms with Crippen LogP contribution >= 0.6 is 0 Å². The molecule has 10 nitrogen and oxygen atoms in total. The van der Waals surface area contributed by atoms with Gasteiger partial charge in [0.1, 0.15) is 17.8 Å². The Bertz CT molecular complexity index is 1540. The van der Waals surface area contributed by atoms with Crippen LogP contribution in [-0.2, 0) is 29.5 Å². The summed E-state index contributed by atoms with van der Waals surface area (Å²) in [5.74, 6) is -2.50. The summed E-state index contributed by atoms with van der Waals surface area (Å²) in [6, 6.07) is 4.42. The highest BCUT2D eigenvalue weighted by Crippen LogP contribution is 2.38. The molecule has 2 aliphatic heterocycles. The fourth-order valence-electron chi connectivity index (χ4n) is 5.47. The number of ether oxygens (including phenoxy) is 3. The minimum atomic E-state index is -4.70. The lowest BCUT2D eigenvalue weighted by molar-refractivity contribution is -0.192. The van der Waals surface area contributed by atoms with Crippen LogP contribution in [0.3, 0.4) is 0 Å². The van der Waals surface area contributed by atoms with Crippen LogP contribution in [0.25, 0.3) is 10.9 Å². The van der Waals surface area contributed by atoms with Gasteiger partial charge in [-0.25, -0.2) is 18.2 Å². The van der Waals surface area contributed by atoms with E-state index in [9.17, 15) is 31.2 Å². The first kappa shape index (κ1) is 33.9. The molecule has 244 valence electrons. The van der Waals surface area contributed by atoms with Gasteiger partial charge < -0.3 is 19.5 Å². The van der Waals surface area contributed by atoms with Crippen LogP contribution in [0.15, 0.2) is 18.2 Å². The first-order valence-electron chi connectivity index (χ1n) is 14.4. The maximum atomic E-state index is 13.6. The number of aryl methyl sites for hydroxylation is 1. The molecule has 2 amide bonds. The van der Waals surface area contributed by atoms with Gasteiger partial charge in [-0.15, -0.1) is 0 Å². The summed E-state index contributed by atoms with van der Waals surface area (Å²) < 4.78 is 82.6. The number of amides is 2. The molecule has 14 heteroatoms. The van der Waals surface area contributed by atoms with Gasteiger partial charge in [0.25, 0.3) is 5.91 Å². The number of aromatic nitrogens is 1. The zero-order valence-corrected chi connectivity index (χ0v) is 26.9.